The molecule has 0 aliphatic rings. The topological polar surface area (TPSA) is 3.24 Å². The molecule has 0 bridgehead atoms. The van der Waals surface area contributed by atoms with E-state index in [0.717, 1.165) is 4.48 Å². The molecule has 0 aliphatic heterocycles. The van der Waals surface area contributed by atoms with Gasteiger partial charge in [0.2, 0.25) is 0 Å². The van der Waals surface area contributed by atoms with Crippen LogP contribution in [0.2, 0.25) is 0 Å². The van der Waals surface area contributed by atoms with Crippen LogP contribution in [0.1, 0.15) is 51.9 Å². The minimum absolute atomic E-state index is 0. The van der Waals surface area contributed by atoms with Crippen LogP contribution in [0.15, 0.2) is 0 Å². The zero-order valence-electron chi connectivity index (χ0n) is 13.3. The van der Waals surface area contributed by atoms with E-state index in [1.54, 1.807) is 0 Å². The van der Waals surface area contributed by atoms with Crippen molar-refractivity contribution in [1.82, 2.24) is 4.90 Å². The summed E-state index contributed by atoms with van der Waals surface area (Å²) >= 11 is 0. The number of rotatable bonds is 11. The summed E-state index contributed by atoms with van der Waals surface area (Å²) < 4.78 is 1.09. The van der Waals surface area contributed by atoms with E-state index in [-0.39, 0.29) is 17.0 Å². The first-order valence-electron chi connectivity index (χ1n) is 7.44. The molecule has 0 rings (SSSR count). The van der Waals surface area contributed by atoms with Crippen LogP contribution in [-0.4, -0.2) is 57.2 Å². The molecule has 0 aliphatic carbocycles. The van der Waals surface area contributed by atoms with Gasteiger partial charge in [-0.3, -0.25) is 0 Å². The predicted octanol–water partition coefficient (Wildman–Crippen LogP) is 0.379. The maximum Gasteiger partial charge on any atom is 0.0792 e. The molecule has 0 atom stereocenters. The van der Waals surface area contributed by atoms with Gasteiger partial charge < -0.3 is 26.4 Å². The van der Waals surface area contributed by atoms with Gasteiger partial charge in [-0.25, -0.2) is 0 Å². The van der Waals surface area contributed by atoms with Crippen LogP contribution in [0.25, 0.3) is 0 Å². The van der Waals surface area contributed by atoms with E-state index < -0.39 is 0 Å². The van der Waals surface area contributed by atoms with Crippen LogP contribution >= 0.6 is 0 Å². The van der Waals surface area contributed by atoms with Crippen LogP contribution in [0, 0.1) is 0 Å². The molecular formula is C15H35BrN2. The summed E-state index contributed by atoms with van der Waals surface area (Å²) in [7, 11) is 9.08. The molecule has 0 aromatic heterocycles. The quantitative estimate of drug-likeness (QED) is 0.392. The minimum atomic E-state index is 0. The van der Waals surface area contributed by atoms with Crippen molar-refractivity contribution in [3.63, 3.8) is 0 Å². The molecule has 0 fully saturated rings. The molecule has 0 saturated heterocycles. The van der Waals surface area contributed by atoms with E-state index in [9.17, 15) is 0 Å². The van der Waals surface area contributed by atoms with E-state index in [1.807, 2.05) is 0 Å². The average Bonchev–Trinajstić information content (AvgIpc) is 2.21. The number of halogens is 1. The number of unbranched alkanes of at least 4 members (excludes halogenated alkanes) is 5. The third-order valence-electron chi connectivity index (χ3n) is 3.26. The lowest BCUT2D eigenvalue weighted by Gasteiger charge is -2.25. The van der Waals surface area contributed by atoms with E-state index in [1.165, 1.54) is 64.6 Å². The van der Waals surface area contributed by atoms with Gasteiger partial charge in [0.25, 0.3) is 0 Å². The average molecular weight is 323 g/mol. The Bertz CT molecular complexity index is 166. The number of nitrogens with zero attached hydrogens (tertiary/aromatic N) is 2. The van der Waals surface area contributed by atoms with Gasteiger partial charge in [0, 0.05) is 13.0 Å². The van der Waals surface area contributed by atoms with Crippen molar-refractivity contribution in [2.75, 3.05) is 47.8 Å². The SMILES string of the molecule is CCCCCCCCN(C)CCC[N+](C)(C)C.[Br-]. The van der Waals surface area contributed by atoms with E-state index in [4.69, 9.17) is 0 Å². The fraction of sp³-hybridized carbons (Fsp3) is 1.00. The minimum Gasteiger partial charge on any atom is -1.00 e. The normalized spacial score (nSPS) is 11.7. The van der Waals surface area contributed by atoms with E-state index in [2.05, 4.69) is 40.0 Å². The highest BCUT2D eigenvalue weighted by atomic mass is 79.9. The lowest BCUT2D eigenvalue weighted by molar-refractivity contribution is -0.870. The van der Waals surface area contributed by atoms with Crippen molar-refractivity contribution in [3.8, 4) is 0 Å². The maximum absolute atomic E-state index is 2.50. The molecular weight excluding hydrogens is 288 g/mol. The summed E-state index contributed by atoms with van der Waals surface area (Å²) in [5, 5.41) is 0. The summed E-state index contributed by atoms with van der Waals surface area (Å²) in [6.45, 7) is 6.09. The molecule has 0 aromatic carbocycles. The largest absolute Gasteiger partial charge is 1.00 e. The van der Waals surface area contributed by atoms with Crippen LogP contribution < -0.4 is 17.0 Å². The van der Waals surface area contributed by atoms with Crippen molar-refractivity contribution in [3.05, 3.63) is 0 Å². The summed E-state index contributed by atoms with van der Waals surface area (Å²) in [4.78, 5) is 2.50. The second-order valence-electron chi connectivity index (χ2n) is 6.44. The van der Waals surface area contributed by atoms with E-state index >= 15 is 0 Å². The van der Waals surface area contributed by atoms with Crippen molar-refractivity contribution in [1.29, 1.82) is 0 Å². The van der Waals surface area contributed by atoms with Gasteiger partial charge in [-0.2, -0.15) is 0 Å². The molecule has 0 radical (unpaired) electrons. The molecule has 0 heterocycles. The first-order chi connectivity index (χ1) is 7.95. The Balaban J connectivity index is 0. The lowest BCUT2D eigenvalue weighted by atomic mass is 10.1. The fourth-order valence-corrected chi connectivity index (χ4v) is 2.09. The smallest absolute Gasteiger partial charge is 0.0792 e. The van der Waals surface area contributed by atoms with Gasteiger partial charge in [-0.1, -0.05) is 39.0 Å². The Labute approximate surface area is 126 Å². The molecule has 0 N–H and O–H groups in total. The first kappa shape index (κ1) is 20.7. The molecule has 112 valence electrons. The third kappa shape index (κ3) is 16.4. The molecule has 0 spiro atoms. The third-order valence-corrected chi connectivity index (χ3v) is 3.26. The van der Waals surface area contributed by atoms with Gasteiger partial charge in [0.1, 0.15) is 0 Å². The van der Waals surface area contributed by atoms with Crippen LogP contribution in [0.4, 0.5) is 0 Å². The Morgan fingerprint density at radius 2 is 1.28 bits per heavy atom. The molecule has 0 unspecified atom stereocenters. The summed E-state index contributed by atoms with van der Waals surface area (Å²) in [6.07, 6.45) is 9.74. The lowest BCUT2D eigenvalue weighted by Crippen LogP contribution is -3.00. The highest BCUT2D eigenvalue weighted by molar-refractivity contribution is 4.53. The Kier molecular flexibility index (Phi) is 14.3. The van der Waals surface area contributed by atoms with Crippen LogP contribution in [0.5, 0.6) is 0 Å². The molecule has 3 heteroatoms. The van der Waals surface area contributed by atoms with Crippen molar-refractivity contribution < 1.29 is 21.5 Å². The van der Waals surface area contributed by atoms with Gasteiger partial charge in [-0.05, 0) is 20.0 Å². The maximum atomic E-state index is 2.50. The number of quaternary nitrogens is 1. The second-order valence-corrected chi connectivity index (χ2v) is 6.44. The van der Waals surface area contributed by atoms with Crippen molar-refractivity contribution in [2.24, 2.45) is 0 Å². The highest BCUT2D eigenvalue weighted by Gasteiger charge is 2.06. The summed E-state index contributed by atoms with van der Waals surface area (Å²) in [5.41, 5.74) is 0. The highest BCUT2D eigenvalue weighted by Crippen LogP contribution is 2.05. The van der Waals surface area contributed by atoms with Gasteiger partial charge in [-0.15, -0.1) is 0 Å². The molecule has 0 aromatic rings. The zero-order valence-corrected chi connectivity index (χ0v) is 14.9. The van der Waals surface area contributed by atoms with Crippen LogP contribution in [0.3, 0.4) is 0 Å². The number of hydrogen-bond donors (Lipinski definition) is 0. The molecule has 18 heavy (non-hydrogen) atoms. The standard InChI is InChI=1S/C15H35N2.BrH/c1-6-7-8-9-10-11-13-16(2)14-12-15-17(3,4)5;/h6-15H2,1-5H3;1H/q+1;/p-1. The Morgan fingerprint density at radius 3 is 1.83 bits per heavy atom. The van der Waals surface area contributed by atoms with Gasteiger partial charge in [0.05, 0.1) is 27.7 Å². The molecule has 0 amide bonds. The zero-order chi connectivity index (χ0) is 13.1. The monoisotopic (exact) mass is 322 g/mol. The fourth-order valence-electron chi connectivity index (χ4n) is 2.09. The van der Waals surface area contributed by atoms with Gasteiger partial charge in [0.15, 0.2) is 0 Å². The number of hydrogen-bond acceptors (Lipinski definition) is 1. The summed E-state index contributed by atoms with van der Waals surface area (Å²) in [6, 6.07) is 0. The van der Waals surface area contributed by atoms with Crippen LogP contribution in [-0.2, 0) is 0 Å². The van der Waals surface area contributed by atoms with Gasteiger partial charge >= 0.3 is 0 Å². The predicted molar refractivity (Wildman–Crippen MR) is 78.4 cm³/mol. The molecule has 2 nitrogen and oxygen atoms in total. The Morgan fingerprint density at radius 1 is 0.778 bits per heavy atom. The Hall–Kier alpha value is 0.400. The first-order valence-corrected chi connectivity index (χ1v) is 7.44. The molecule has 0 saturated carbocycles. The van der Waals surface area contributed by atoms with Crippen molar-refractivity contribution >= 4 is 0 Å². The summed E-state index contributed by atoms with van der Waals surface area (Å²) in [5.74, 6) is 0. The van der Waals surface area contributed by atoms with Crippen molar-refractivity contribution in [2.45, 2.75) is 51.9 Å². The second kappa shape index (κ2) is 12.4. The van der Waals surface area contributed by atoms with E-state index in [0.29, 0.717) is 0 Å².